The van der Waals surface area contributed by atoms with Crippen LogP contribution in [0.5, 0.6) is 0 Å². The van der Waals surface area contributed by atoms with Crippen LogP contribution in [0, 0.1) is 0 Å². The number of alkyl halides is 3. The molecule has 2 N–H and O–H groups in total. The first-order valence-electron chi connectivity index (χ1n) is 6.10. The van der Waals surface area contributed by atoms with Crippen LogP contribution in [0.1, 0.15) is 26.3 Å². The molecule has 0 radical (unpaired) electrons. The molecule has 0 spiro atoms. The van der Waals surface area contributed by atoms with Crippen LogP contribution < -0.4 is 5.32 Å². The zero-order chi connectivity index (χ0) is 16.3. The molecular formula is C15H10F3NO3. The Labute approximate surface area is 123 Å². The Morgan fingerprint density at radius 3 is 2.18 bits per heavy atom. The molecule has 0 heterocycles. The molecule has 0 atom stereocenters. The Kier molecular flexibility index (Phi) is 4.16. The van der Waals surface area contributed by atoms with E-state index in [1.54, 1.807) is 0 Å². The number of amides is 1. The van der Waals surface area contributed by atoms with Crippen molar-refractivity contribution in [1.29, 1.82) is 0 Å². The van der Waals surface area contributed by atoms with Crippen molar-refractivity contribution in [2.45, 2.75) is 6.18 Å². The Morgan fingerprint density at radius 2 is 1.59 bits per heavy atom. The molecule has 4 nitrogen and oxygen atoms in total. The quantitative estimate of drug-likeness (QED) is 0.909. The van der Waals surface area contributed by atoms with E-state index in [1.165, 1.54) is 30.3 Å². The number of hydrogen-bond donors (Lipinski definition) is 2. The van der Waals surface area contributed by atoms with E-state index in [-0.39, 0.29) is 16.8 Å². The fourth-order valence-corrected chi connectivity index (χ4v) is 1.84. The first kappa shape index (κ1) is 15.6. The maximum atomic E-state index is 12.6. The summed E-state index contributed by atoms with van der Waals surface area (Å²) < 4.78 is 37.8. The SMILES string of the molecule is O=C(O)c1ccccc1C(=O)Nc1cccc(C(F)(F)F)c1. The fourth-order valence-electron chi connectivity index (χ4n) is 1.84. The van der Waals surface area contributed by atoms with E-state index in [1.807, 2.05) is 0 Å². The summed E-state index contributed by atoms with van der Waals surface area (Å²) in [5, 5.41) is 11.3. The van der Waals surface area contributed by atoms with Gasteiger partial charge in [-0.2, -0.15) is 13.2 Å². The lowest BCUT2D eigenvalue weighted by molar-refractivity contribution is -0.137. The minimum atomic E-state index is -4.53. The predicted octanol–water partition coefficient (Wildman–Crippen LogP) is 3.66. The molecule has 22 heavy (non-hydrogen) atoms. The molecule has 0 aliphatic rings. The average Bonchev–Trinajstić information content (AvgIpc) is 2.46. The van der Waals surface area contributed by atoms with Gasteiger partial charge in [0.15, 0.2) is 0 Å². The first-order valence-corrected chi connectivity index (χ1v) is 6.10. The first-order chi connectivity index (χ1) is 10.3. The number of carboxylic acid groups (broad SMARTS) is 1. The van der Waals surface area contributed by atoms with Gasteiger partial charge in [0, 0.05) is 5.69 Å². The molecule has 0 aromatic heterocycles. The summed E-state index contributed by atoms with van der Waals surface area (Å²) in [7, 11) is 0. The van der Waals surface area contributed by atoms with Crippen LogP contribution >= 0.6 is 0 Å². The van der Waals surface area contributed by atoms with Crippen molar-refractivity contribution in [2.24, 2.45) is 0 Å². The standard InChI is InChI=1S/C15H10F3NO3/c16-15(17,18)9-4-3-5-10(8-9)19-13(20)11-6-1-2-7-12(11)14(21)22/h1-8H,(H,19,20)(H,21,22). The van der Waals surface area contributed by atoms with Gasteiger partial charge in [0.1, 0.15) is 0 Å². The van der Waals surface area contributed by atoms with Crippen molar-refractivity contribution >= 4 is 17.6 Å². The van der Waals surface area contributed by atoms with Crippen LogP contribution in [0.4, 0.5) is 18.9 Å². The van der Waals surface area contributed by atoms with Gasteiger partial charge < -0.3 is 10.4 Å². The second-order valence-electron chi connectivity index (χ2n) is 4.38. The Balaban J connectivity index is 2.29. The number of hydrogen-bond acceptors (Lipinski definition) is 2. The lowest BCUT2D eigenvalue weighted by Gasteiger charge is -2.10. The van der Waals surface area contributed by atoms with E-state index in [2.05, 4.69) is 5.32 Å². The number of carboxylic acids is 1. The third kappa shape index (κ3) is 3.43. The molecule has 114 valence electrons. The van der Waals surface area contributed by atoms with Crippen molar-refractivity contribution in [3.05, 3.63) is 65.2 Å². The highest BCUT2D eigenvalue weighted by atomic mass is 19.4. The summed E-state index contributed by atoms with van der Waals surface area (Å²) in [5.41, 5.74) is -1.34. The number of rotatable bonds is 3. The van der Waals surface area contributed by atoms with Crippen LogP contribution in [0.25, 0.3) is 0 Å². The van der Waals surface area contributed by atoms with Gasteiger partial charge in [-0.15, -0.1) is 0 Å². The Bertz CT molecular complexity index is 726. The molecular weight excluding hydrogens is 299 g/mol. The van der Waals surface area contributed by atoms with Crippen molar-refractivity contribution in [3.63, 3.8) is 0 Å². The minimum absolute atomic E-state index is 0.0694. The smallest absolute Gasteiger partial charge is 0.416 e. The van der Waals surface area contributed by atoms with Gasteiger partial charge in [-0.05, 0) is 30.3 Å². The normalized spacial score (nSPS) is 11.0. The molecule has 0 aliphatic carbocycles. The van der Waals surface area contributed by atoms with E-state index in [4.69, 9.17) is 5.11 Å². The summed E-state index contributed by atoms with van der Waals surface area (Å²) in [5.74, 6) is -2.09. The maximum absolute atomic E-state index is 12.6. The van der Waals surface area contributed by atoms with E-state index in [9.17, 15) is 22.8 Å². The number of nitrogens with one attached hydrogen (secondary N) is 1. The predicted molar refractivity (Wildman–Crippen MR) is 72.8 cm³/mol. The number of benzene rings is 2. The van der Waals surface area contributed by atoms with Crippen molar-refractivity contribution < 1.29 is 27.9 Å². The fraction of sp³-hybridized carbons (Fsp3) is 0.0667. The molecule has 0 bridgehead atoms. The number of halogens is 3. The highest BCUT2D eigenvalue weighted by Gasteiger charge is 2.30. The van der Waals surface area contributed by atoms with Gasteiger partial charge in [0.25, 0.3) is 5.91 Å². The molecule has 0 unspecified atom stereocenters. The summed E-state index contributed by atoms with van der Waals surface area (Å²) in [6.45, 7) is 0. The molecule has 0 aliphatic heterocycles. The summed E-state index contributed by atoms with van der Waals surface area (Å²) in [6, 6.07) is 9.54. The third-order valence-electron chi connectivity index (χ3n) is 2.85. The molecule has 1 amide bonds. The monoisotopic (exact) mass is 309 g/mol. The Hall–Kier alpha value is -2.83. The number of aromatic carboxylic acids is 1. The van der Waals surface area contributed by atoms with Gasteiger partial charge in [0.05, 0.1) is 16.7 Å². The van der Waals surface area contributed by atoms with Crippen LogP contribution in [-0.4, -0.2) is 17.0 Å². The molecule has 7 heteroatoms. The molecule has 2 aromatic rings. The lowest BCUT2D eigenvalue weighted by atomic mass is 10.1. The number of carbonyl (C=O) groups excluding carboxylic acids is 1. The zero-order valence-electron chi connectivity index (χ0n) is 11.0. The van der Waals surface area contributed by atoms with E-state index >= 15 is 0 Å². The molecule has 2 rings (SSSR count). The number of carbonyl (C=O) groups is 2. The average molecular weight is 309 g/mol. The Morgan fingerprint density at radius 1 is 0.955 bits per heavy atom. The summed E-state index contributed by atoms with van der Waals surface area (Å²) in [4.78, 5) is 23.1. The molecule has 2 aromatic carbocycles. The second kappa shape index (κ2) is 5.88. The lowest BCUT2D eigenvalue weighted by Crippen LogP contribution is -2.16. The van der Waals surface area contributed by atoms with Gasteiger partial charge in [-0.25, -0.2) is 4.79 Å². The summed E-state index contributed by atoms with van der Waals surface area (Å²) >= 11 is 0. The topological polar surface area (TPSA) is 66.4 Å². The van der Waals surface area contributed by atoms with Crippen molar-refractivity contribution in [3.8, 4) is 0 Å². The number of anilines is 1. The summed E-state index contributed by atoms with van der Waals surface area (Å²) in [6.07, 6.45) is -4.53. The van der Waals surface area contributed by atoms with Crippen LogP contribution in [0.15, 0.2) is 48.5 Å². The molecule has 0 fully saturated rings. The minimum Gasteiger partial charge on any atom is -0.478 e. The largest absolute Gasteiger partial charge is 0.478 e. The van der Waals surface area contributed by atoms with Crippen LogP contribution in [-0.2, 0) is 6.18 Å². The van der Waals surface area contributed by atoms with E-state index < -0.39 is 23.6 Å². The van der Waals surface area contributed by atoms with Gasteiger partial charge in [0.2, 0.25) is 0 Å². The van der Waals surface area contributed by atoms with Gasteiger partial charge in [-0.3, -0.25) is 4.79 Å². The van der Waals surface area contributed by atoms with Crippen LogP contribution in [0.2, 0.25) is 0 Å². The second-order valence-corrected chi connectivity index (χ2v) is 4.38. The van der Waals surface area contributed by atoms with Crippen molar-refractivity contribution in [1.82, 2.24) is 0 Å². The van der Waals surface area contributed by atoms with E-state index in [0.717, 1.165) is 18.2 Å². The van der Waals surface area contributed by atoms with Gasteiger partial charge in [-0.1, -0.05) is 18.2 Å². The van der Waals surface area contributed by atoms with E-state index in [0.29, 0.717) is 0 Å². The zero-order valence-corrected chi connectivity index (χ0v) is 11.0. The molecule has 0 saturated carbocycles. The highest BCUT2D eigenvalue weighted by molar-refractivity contribution is 6.10. The third-order valence-corrected chi connectivity index (χ3v) is 2.85. The van der Waals surface area contributed by atoms with Crippen LogP contribution in [0.3, 0.4) is 0 Å². The van der Waals surface area contributed by atoms with Crippen molar-refractivity contribution in [2.75, 3.05) is 5.32 Å². The van der Waals surface area contributed by atoms with Gasteiger partial charge >= 0.3 is 12.1 Å². The highest BCUT2D eigenvalue weighted by Crippen LogP contribution is 2.30. The molecule has 0 saturated heterocycles. The maximum Gasteiger partial charge on any atom is 0.416 e.